The van der Waals surface area contributed by atoms with Gasteiger partial charge in [0.05, 0.1) is 5.69 Å². The highest BCUT2D eigenvalue weighted by molar-refractivity contribution is 6.31. The summed E-state index contributed by atoms with van der Waals surface area (Å²) in [5.74, 6) is 1.93. The van der Waals surface area contributed by atoms with Gasteiger partial charge in [0.25, 0.3) is 5.60 Å². The Kier molecular flexibility index (Phi) is 6.07. The fraction of sp³-hybridized carbons (Fsp3) is 0.500. The number of carbonyl (C=O) groups excluding carboxylic acids is 1. The van der Waals surface area contributed by atoms with Gasteiger partial charge < -0.3 is 34.6 Å². The molecule has 184 valence electrons. The Morgan fingerprint density at radius 2 is 1.88 bits per heavy atom. The van der Waals surface area contributed by atoms with Crippen molar-refractivity contribution in [3.63, 3.8) is 0 Å². The molecule has 6 atom stereocenters. The number of halogens is 4. The van der Waals surface area contributed by atoms with Gasteiger partial charge in [-0.25, -0.2) is 9.59 Å². The van der Waals surface area contributed by atoms with Crippen LogP contribution < -0.4 is 10.1 Å². The zero-order chi connectivity index (χ0) is 25.0. The molecule has 3 aliphatic rings. The van der Waals surface area contributed by atoms with Gasteiger partial charge in [0.2, 0.25) is 6.29 Å². The highest BCUT2D eigenvalue weighted by Gasteiger charge is 2.62. The number of rotatable bonds is 3. The molecule has 0 bridgehead atoms. The summed E-state index contributed by atoms with van der Waals surface area (Å²) >= 11 is 6.01. The van der Waals surface area contributed by atoms with Gasteiger partial charge in [-0.2, -0.15) is 13.2 Å². The SMILES string of the molecule is O=C1Nc2c(OC3OC(C(=O)O)C(O)C(O)C3O)cc(Cl)cc2[C@@](C#CC2CC2)(C(F)(F)F)O1. The first kappa shape index (κ1) is 24.4. The normalized spacial score (nSPS) is 33.0. The predicted molar refractivity (Wildman–Crippen MR) is 105 cm³/mol. The number of carboxylic acids is 1. The highest BCUT2D eigenvalue weighted by Crippen LogP contribution is 2.51. The summed E-state index contributed by atoms with van der Waals surface area (Å²) in [5.41, 5.74) is -4.66. The van der Waals surface area contributed by atoms with E-state index in [9.17, 15) is 38.1 Å². The molecule has 1 aromatic carbocycles. The maximum absolute atomic E-state index is 14.3. The molecule has 1 saturated carbocycles. The molecule has 2 heterocycles. The third-order valence-corrected chi connectivity index (χ3v) is 5.62. The minimum atomic E-state index is -5.20. The van der Waals surface area contributed by atoms with Gasteiger partial charge in [-0.15, -0.1) is 0 Å². The molecule has 1 aliphatic carbocycles. The summed E-state index contributed by atoms with van der Waals surface area (Å²) in [6.45, 7) is 0. The van der Waals surface area contributed by atoms with Crippen LogP contribution in [0, 0.1) is 17.8 Å². The lowest BCUT2D eigenvalue weighted by Crippen LogP contribution is -2.61. The second-order valence-corrected chi connectivity index (χ2v) is 8.35. The molecule has 10 nitrogen and oxygen atoms in total. The van der Waals surface area contributed by atoms with E-state index in [2.05, 4.69) is 16.0 Å². The zero-order valence-corrected chi connectivity index (χ0v) is 17.6. The highest BCUT2D eigenvalue weighted by atomic mass is 35.5. The van der Waals surface area contributed by atoms with Crippen molar-refractivity contribution in [3.05, 3.63) is 22.7 Å². The van der Waals surface area contributed by atoms with Gasteiger partial charge in [0, 0.05) is 22.6 Å². The molecule has 2 aliphatic heterocycles. The fourth-order valence-electron chi connectivity index (χ4n) is 3.48. The molecule has 0 aromatic heterocycles. The van der Waals surface area contributed by atoms with Crippen molar-refractivity contribution in [2.45, 2.75) is 55.3 Å². The van der Waals surface area contributed by atoms with Gasteiger partial charge in [-0.05, 0) is 24.8 Å². The average molecular weight is 508 g/mol. The number of fused-ring (bicyclic) bond motifs is 1. The number of carbonyl (C=O) groups is 2. The summed E-state index contributed by atoms with van der Waals surface area (Å²) in [4.78, 5) is 23.5. The number of hydrogen-bond donors (Lipinski definition) is 5. The van der Waals surface area contributed by atoms with Crippen molar-refractivity contribution in [1.29, 1.82) is 0 Å². The fourth-order valence-corrected chi connectivity index (χ4v) is 3.69. The summed E-state index contributed by atoms with van der Waals surface area (Å²) in [6.07, 6.45) is -15.6. The Bertz CT molecular complexity index is 1080. The van der Waals surface area contributed by atoms with Crippen molar-refractivity contribution < 1.29 is 57.4 Å². The van der Waals surface area contributed by atoms with E-state index in [0.29, 0.717) is 12.8 Å². The zero-order valence-electron chi connectivity index (χ0n) is 16.9. The Morgan fingerprint density at radius 3 is 2.47 bits per heavy atom. The van der Waals surface area contributed by atoms with Gasteiger partial charge in [-0.1, -0.05) is 17.5 Å². The Morgan fingerprint density at radius 1 is 1.21 bits per heavy atom. The van der Waals surface area contributed by atoms with Gasteiger partial charge in [0.15, 0.2) is 6.10 Å². The first-order valence-electron chi connectivity index (χ1n) is 9.86. The maximum Gasteiger partial charge on any atom is 0.445 e. The van der Waals surface area contributed by atoms with Crippen LogP contribution in [0.3, 0.4) is 0 Å². The molecule has 34 heavy (non-hydrogen) atoms. The van der Waals surface area contributed by atoms with E-state index in [0.717, 1.165) is 12.1 Å². The largest absolute Gasteiger partial charge is 0.479 e. The van der Waals surface area contributed by atoms with Crippen LogP contribution in [0.15, 0.2) is 12.1 Å². The number of anilines is 1. The second-order valence-electron chi connectivity index (χ2n) is 7.92. The lowest BCUT2D eigenvalue weighted by atomic mass is 9.89. The van der Waals surface area contributed by atoms with Crippen LogP contribution in [0.1, 0.15) is 18.4 Å². The minimum Gasteiger partial charge on any atom is -0.479 e. The van der Waals surface area contributed by atoms with E-state index in [1.165, 1.54) is 0 Å². The van der Waals surface area contributed by atoms with E-state index in [4.69, 9.17) is 26.2 Å². The van der Waals surface area contributed by atoms with Crippen LogP contribution in [0.4, 0.5) is 23.7 Å². The van der Waals surface area contributed by atoms with Crippen LogP contribution in [-0.2, 0) is 19.9 Å². The van der Waals surface area contributed by atoms with E-state index < -0.39 is 71.5 Å². The van der Waals surface area contributed by atoms with E-state index in [-0.39, 0.29) is 10.9 Å². The van der Waals surface area contributed by atoms with Crippen molar-refractivity contribution >= 4 is 29.4 Å². The standard InChI is InChI=1S/C20H17ClF3NO9/c21-8-5-9-11(25-18(31)34-19(9,20(22,23)24)4-3-7-1-2-7)10(6-8)32-17-14(28)12(26)13(27)15(33-17)16(29)30/h5-7,12-15,17,26-28H,1-2H2,(H,25,31)(H,29,30)/t12?,13?,14?,15?,17?,19-/m0/s1. The molecule has 1 aromatic rings. The summed E-state index contributed by atoms with van der Waals surface area (Å²) in [7, 11) is 0. The van der Waals surface area contributed by atoms with Crippen LogP contribution in [-0.4, -0.2) is 69.4 Å². The van der Waals surface area contributed by atoms with Crippen molar-refractivity contribution in [2.75, 3.05) is 5.32 Å². The molecule has 0 radical (unpaired) electrons. The molecule has 2 fully saturated rings. The first-order chi connectivity index (χ1) is 15.8. The molecule has 1 saturated heterocycles. The van der Waals surface area contributed by atoms with E-state index >= 15 is 0 Å². The average Bonchev–Trinajstić information content (AvgIpc) is 3.56. The van der Waals surface area contributed by atoms with Crippen LogP contribution in [0.5, 0.6) is 5.75 Å². The first-order valence-corrected chi connectivity index (χ1v) is 10.2. The number of hydrogen-bond acceptors (Lipinski definition) is 8. The Hall–Kier alpha value is -2.76. The van der Waals surface area contributed by atoms with Crippen molar-refractivity contribution in [1.82, 2.24) is 0 Å². The number of cyclic esters (lactones) is 1. The number of carboxylic acid groups (broad SMARTS) is 1. The molecular weight excluding hydrogens is 491 g/mol. The molecule has 5 N–H and O–H groups in total. The topological polar surface area (TPSA) is 155 Å². The minimum absolute atomic E-state index is 0.280. The van der Waals surface area contributed by atoms with Crippen molar-refractivity contribution in [2.24, 2.45) is 5.92 Å². The number of alkyl halides is 3. The number of amides is 1. The molecule has 1 amide bonds. The summed E-state index contributed by atoms with van der Waals surface area (Å²) < 4.78 is 57.8. The van der Waals surface area contributed by atoms with Gasteiger partial charge in [-0.3, -0.25) is 5.32 Å². The smallest absolute Gasteiger partial charge is 0.445 e. The number of nitrogens with one attached hydrogen (secondary N) is 1. The van der Waals surface area contributed by atoms with Crippen LogP contribution in [0.2, 0.25) is 5.02 Å². The molecular formula is C20H17ClF3NO9. The molecule has 14 heteroatoms. The quantitative estimate of drug-likeness (QED) is 0.381. The van der Waals surface area contributed by atoms with Gasteiger partial charge in [0.1, 0.15) is 24.1 Å². The number of benzene rings is 1. The van der Waals surface area contributed by atoms with E-state index in [1.54, 1.807) is 0 Å². The Labute approximate surface area is 194 Å². The number of aliphatic carboxylic acids is 1. The number of aliphatic hydroxyl groups excluding tert-OH is 3. The monoisotopic (exact) mass is 507 g/mol. The lowest BCUT2D eigenvalue weighted by Gasteiger charge is -2.40. The third-order valence-electron chi connectivity index (χ3n) is 5.40. The third kappa shape index (κ3) is 4.23. The Balaban J connectivity index is 1.79. The van der Waals surface area contributed by atoms with E-state index in [1.807, 2.05) is 5.92 Å². The van der Waals surface area contributed by atoms with Crippen molar-refractivity contribution in [3.8, 4) is 17.6 Å². The molecule has 5 unspecified atom stereocenters. The number of ether oxygens (including phenoxy) is 3. The van der Waals surface area contributed by atoms with Crippen LogP contribution >= 0.6 is 11.6 Å². The lowest BCUT2D eigenvalue weighted by molar-refractivity contribution is -0.271. The second kappa shape index (κ2) is 8.47. The molecule has 0 spiro atoms. The molecule has 4 rings (SSSR count). The summed E-state index contributed by atoms with van der Waals surface area (Å²) in [5, 5.41) is 40.9. The maximum atomic E-state index is 14.3. The van der Waals surface area contributed by atoms with Crippen LogP contribution in [0.25, 0.3) is 0 Å². The predicted octanol–water partition coefficient (Wildman–Crippen LogP) is 1.34. The van der Waals surface area contributed by atoms with Gasteiger partial charge >= 0.3 is 18.2 Å². The summed E-state index contributed by atoms with van der Waals surface area (Å²) in [6, 6.07) is 1.85. The number of aliphatic hydroxyl groups is 3.